The zero-order valence-corrected chi connectivity index (χ0v) is 37.9. The number of fused-ring (bicyclic) bond motifs is 7. The number of nitrogens with zero attached hydrogens (tertiary/aromatic N) is 2. The van der Waals surface area contributed by atoms with Crippen molar-refractivity contribution < 1.29 is 38.9 Å². The summed E-state index contributed by atoms with van der Waals surface area (Å²) in [5.74, 6) is 1.05. The molecular formula is C50H72N2O8. The zero-order valence-electron chi connectivity index (χ0n) is 37.9. The molecule has 0 bridgehead atoms. The van der Waals surface area contributed by atoms with Gasteiger partial charge < -0.3 is 29.5 Å². The first kappa shape index (κ1) is 44.2. The average Bonchev–Trinajstić information content (AvgIpc) is 3.59. The lowest BCUT2D eigenvalue weighted by atomic mass is 9.32. The molecule has 5 aliphatic carbocycles. The molecule has 1 heterocycles. The number of carboxylic acid groups (broad SMARTS) is 1. The van der Waals surface area contributed by atoms with E-state index in [1.165, 1.54) is 12.7 Å². The molecule has 1 aromatic carbocycles. The fourth-order valence-electron chi connectivity index (χ4n) is 14.9. The molecule has 2 amide bonds. The van der Waals surface area contributed by atoms with Gasteiger partial charge in [0.2, 0.25) is 11.8 Å². The Kier molecular flexibility index (Phi) is 11.4. The van der Waals surface area contributed by atoms with E-state index >= 15 is 4.79 Å². The molecule has 0 radical (unpaired) electrons. The Morgan fingerprint density at radius 2 is 1.55 bits per heavy atom. The van der Waals surface area contributed by atoms with E-state index in [4.69, 9.17) is 9.47 Å². The number of aromatic hydroxyl groups is 1. The predicted molar refractivity (Wildman–Crippen MR) is 232 cm³/mol. The predicted octanol–water partition coefficient (Wildman–Crippen LogP) is 9.16. The van der Waals surface area contributed by atoms with E-state index in [0.717, 1.165) is 69.8 Å². The fraction of sp³-hybridized carbons (Fsp3) is 0.720. The van der Waals surface area contributed by atoms with Gasteiger partial charge in [-0.1, -0.05) is 52.8 Å². The van der Waals surface area contributed by atoms with Gasteiger partial charge in [0.25, 0.3) is 0 Å². The maximum Gasteiger partial charge on any atom is 0.309 e. The van der Waals surface area contributed by atoms with E-state index in [1.54, 1.807) is 44.2 Å². The maximum absolute atomic E-state index is 15.2. The fourth-order valence-corrected chi connectivity index (χ4v) is 14.9. The largest absolute Gasteiger partial charge is 0.504 e. The minimum atomic E-state index is -1.17. The van der Waals surface area contributed by atoms with Gasteiger partial charge in [0.1, 0.15) is 6.10 Å². The van der Waals surface area contributed by atoms with Gasteiger partial charge in [0.05, 0.1) is 24.4 Å². The van der Waals surface area contributed by atoms with Gasteiger partial charge in [-0.25, -0.2) is 0 Å². The highest BCUT2D eigenvalue weighted by molar-refractivity contribution is 5.92. The molecule has 10 atom stereocenters. The molecule has 6 fully saturated rings. The normalized spacial score (nSPS) is 37.3. The summed E-state index contributed by atoms with van der Waals surface area (Å²) in [5.41, 5.74) is 0.360. The van der Waals surface area contributed by atoms with Crippen LogP contribution in [0.5, 0.6) is 11.5 Å². The molecule has 0 aromatic heterocycles. The number of phenolic OH excluding ortho intramolecular Hbond substituents is 1. The summed E-state index contributed by atoms with van der Waals surface area (Å²) in [5, 5.41) is 19.6. The van der Waals surface area contributed by atoms with Crippen molar-refractivity contribution in [3.8, 4) is 11.5 Å². The first-order chi connectivity index (χ1) is 28.1. The van der Waals surface area contributed by atoms with Crippen molar-refractivity contribution in [2.75, 3.05) is 33.3 Å². The number of carbonyl (C=O) groups excluding carboxylic acids is 3. The molecule has 10 nitrogen and oxygen atoms in total. The van der Waals surface area contributed by atoms with Crippen LogP contribution in [0.1, 0.15) is 132 Å². The second-order valence-electron chi connectivity index (χ2n) is 21.9. The molecule has 1 aliphatic heterocycles. The van der Waals surface area contributed by atoms with Crippen LogP contribution in [-0.2, 0) is 23.9 Å². The number of piperazine rings is 1. The van der Waals surface area contributed by atoms with Crippen LogP contribution in [0.2, 0.25) is 0 Å². The summed E-state index contributed by atoms with van der Waals surface area (Å²) < 4.78 is 11.4. The zero-order chi connectivity index (χ0) is 43.8. The van der Waals surface area contributed by atoms with Gasteiger partial charge in [-0.05, 0) is 155 Å². The van der Waals surface area contributed by atoms with Crippen LogP contribution >= 0.6 is 0 Å². The molecule has 330 valence electrons. The lowest BCUT2D eigenvalue weighted by Crippen LogP contribution is -2.68. The lowest BCUT2D eigenvalue weighted by molar-refractivity contribution is -0.250. The van der Waals surface area contributed by atoms with Crippen molar-refractivity contribution in [2.24, 2.45) is 62.1 Å². The number of allylic oxidation sites excluding steroid dienone is 1. The quantitative estimate of drug-likeness (QED) is 0.143. The third kappa shape index (κ3) is 6.98. The third-order valence-electron chi connectivity index (χ3n) is 18.4. The van der Waals surface area contributed by atoms with Gasteiger partial charge >= 0.3 is 11.9 Å². The minimum absolute atomic E-state index is 0.0499. The van der Waals surface area contributed by atoms with Gasteiger partial charge in [0.15, 0.2) is 11.5 Å². The molecule has 6 aliphatic rings. The molecule has 10 heteroatoms. The number of esters is 1. The smallest absolute Gasteiger partial charge is 0.309 e. The number of ether oxygens (including phenoxy) is 2. The molecule has 2 N–H and O–H groups in total. The Morgan fingerprint density at radius 3 is 2.20 bits per heavy atom. The van der Waals surface area contributed by atoms with Crippen LogP contribution in [0, 0.1) is 62.1 Å². The second kappa shape index (κ2) is 15.5. The summed E-state index contributed by atoms with van der Waals surface area (Å²) in [6.07, 6.45) is 12.9. The van der Waals surface area contributed by atoms with E-state index < -0.39 is 22.8 Å². The summed E-state index contributed by atoms with van der Waals surface area (Å²) in [6, 6.07) is 4.99. The lowest BCUT2D eigenvalue weighted by Gasteiger charge is -2.73. The molecule has 1 aromatic rings. The summed E-state index contributed by atoms with van der Waals surface area (Å²) >= 11 is 0. The van der Waals surface area contributed by atoms with Gasteiger partial charge in [-0.2, -0.15) is 0 Å². The average molecular weight is 829 g/mol. The highest BCUT2D eigenvalue weighted by Gasteiger charge is 2.72. The Morgan fingerprint density at radius 1 is 0.867 bits per heavy atom. The number of hydrogen-bond acceptors (Lipinski definition) is 7. The van der Waals surface area contributed by atoms with E-state index in [1.807, 2.05) is 4.90 Å². The number of hydrogen-bond donors (Lipinski definition) is 2. The Balaban J connectivity index is 1.07. The van der Waals surface area contributed by atoms with Crippen molar-refractivity contribution in [1.82, 2.24) is 9.80 Å². The van der Waals surface area contributed by atoms with Crippen LogP contribution < -0.4 is 4.74 Å². The van der Waals surface area contributed by atoms with Crippen molar-refractivity contribution in [2.45, 2.75) is 132 Å². The SMILES string of the molecule is C=C(C)[C@@H]1CC[C@]2(C(=O)N3CCN(C(=O)/C=C/c4ccc(O)c(OC)c4)CC3)CC[C@]3(C)[C@H](CC[C@@H]4[C@@]5(C)CC[C@H](OC(=O)CC(C)(C)C(=O)O)C(C)(C)[C@@H]5CC[C@]43C)[C@@H]12. The monoisotopic (exact) mass is 829 g/mol. The summed E-state index contributed by atoms with van der Waals surface area (Å²) in [6.45, 7) is 24.2. The number of aliphatic carboxylic acids is 1. The highest BCUT2D eigenvalue weighted by Crippen LogP contribution is 2.77. The van der Waals surface area contributed by atoms with Crippen LogP contribution in [0.3, 0.4) is 0 Å². The molecule has 60 heavy (non-hydrogen) atoms. The van der Waals surface area contributed by atoms with Crippen LogP contribution in [0.15, 0.2) is 36.4 Å². The molecular weight excluding hydrogens is 757 g/mol. The number of amides is 2. The van der Waals surface area contributed by atoms with Crippen LogP contribution in [-0.4, -0.2) is 83.2 Å². The maximum atomic E-state index is 15.2. The Labute approximate surface area is 358 Å². The number of methoxy groups -OCH3 is 1. The Hall–Kier alpha value is -3.82. The standard InChI is InChI=1S/C50H72N2O8/c1-31(2)33-17-22-50(43(56)52-27-25-51(26-28-52)40(54)16-12-32-11-14-35(53)36(29-32)59-10)24-23-48(8)34(42(33)50)13-15-38-47(7)20-19-39(60-41(55)30-45(3,4)44(57)58)46(5,6)37(47)18-21-49(38,48)9/h11-12,14,16,29,33-34,37-39,42,53H,1,13,15,17-28,30H2,2-10H3,(H,57,58)/b16-12+/t33-,34+,37-,38+,39-,42+,47-,48+,49+,50-/m0/s1. The third-order valence-corrected chi connectivity index (χ3v) is 18.4. The highest BCUT2D eigenvalue weighted by atomic mass is 16.5. The van der Waals surface area contributed by atoms with E-state index in [-0.39, 0.29) is 51.8 Å². The molecule has 0 spiro atoms. The summed E-state index contributed by atoms with van der Waals surface area (Å²) in [7, 11) is 1.50. The first-order valence-electron chi connectivity index (χ1n) is 22.8. The Bertz CT molecular complexity index is 1930. The molecule has 7 rings (SSSR count). The van der Waals surface area contributed by atoms with Gasteiger partial charge in [-0.15, -0.1) is 0 Å². The van der Waals surface area contributed by atoms with Crippen molar-refractivity contribution in [3.05, 3.63) is 42.0 Å². The number of carboxylic acids is 1. The summed E-state index contributed by atoms with van der Waals surface area (Å²) in [4.78, 5) is 57.3. The molecule has 5 saturated carbocycles. The molecule has 1 saturated heterocycles. The van der Waals surface area contributed by atoms with E-state index in [9.17, 15) is 24.6 Å². The minimum Gasteiger partial charge on any atom is -0.504 e. The van der Waals surface area contributed by atoms with Gasteiger partial charge in [-0.3, -0.25) is 19.2 Å². The van der Waals surface area contributed by atoms with E-state index in [0.29, 0.717) is 61.5 Å². The van der Waals surface area contributed by atoms with E-state index in [2.05, 4.69) is 53.0 Å². The number of carbonyl (C=O) groups is 4. The van der Waals surface area contributed by atoms with Gasteiger partial charge in [0, 0.05) is 37.7 Å². The number of benzene rings is 1. The van der Waals surface area contributed by atoms with Crippen molar-refractivity contribution in [1.29, 1.82) is 0 Å². The molecule has 0 unspecified atom stereocenters. The number of rotatable bonds is 9. The van der Waals surface area contributed by atoms with Crippen LogP contribution in [0.4, 0.5) is 0 Å². The second-order valence-corrected chi connectivity index (χ2v) is 21.9. The number of phenols is 1. The van der Waals surface area contributed by atoms with Crippen LogP contribution in [0.25, 0.3) is 6.08 Å². The topological polar surface area (TPSA) is 134 Å². The van der Waals surface area contributed by atoms with Crippen molar-refractivity contribution in [3.63, 3.8) is 0 Å². The first-order valence-corrected chi connectivity index (χ1v) is 22.8. The van der Waals surface area contributed by atoms with Crippen molar-refractivity contribution >= 4 is 29.8 Å².